The van der Waals surface area contributed by atoms with Crippen LogP contribution in [0.2, 0.25) is 0 Å². The zero-order chi connectivity index (χ0) is 11.6. The highest BCUT2D eigenvalue weighted by atomic mass is 32.2. The lowest BCUT2D eigenvalue weighted by atomic mass is 10.3. The first-order chi connectivity index (χ1) is 6.86. The number of aliphatic hydroxyl groups excluding tert-OH is 1. The van der Waals surface area contributed by atoms with Gasteiger partial charge in [-0.25, -0.2) is 13.1 Å². The summed E-state index contributed by atoms with van der Waals surface area (Å²) < 4.78 is 26.2. The summed E-state index contributed by atoms with van der Waals surface area (Å²) in [6, 6.07) is 1.18. The largest absolute Gasteiger partial charge is 0.395 e. The second-order valence-corrected chi connectivity index (χ2v) is 6.71. The van der Waals surface area contributed by atoms with E-state index in [1.807, 2.05) is 13.8 Å². The van der Waals surface area contributed by atoms with Gasteiger partial charge in [-0.15, -0.1) is 11.3 Å². The van der Waals surface area contributed by atoms with E-state index < -0.39 is 16.1 Å². The number of hydrogen-bond donors (Lipinski definition) is 2. The topological polar surface area (TPSA) is 66.4 Å². The molecule has 0 saturated heterocycles. The third-order valence-electron chi connectivity index (χ3n) is 2.04. The van der Waals surface area contributed by atoms with Gasteiger partial charge in [0.2, 0.25) is 10.0 Å². The van der Waals surface area contributed by atoms with Crippen LogP contribution in [0.25, 0.3) is 0 Å². The molecule has 0 saturated carbocycles. The summed E-state index contributed by atoms with van der Waals surface area (Å²) >= 11 is 1.24. The SMILES string of the molecule is Cc1cc(S(=O)(=O)NC(C)CO)sc1C. The fourth-order valence-corrected chi connectivity index (χ4v) is 3.80. The van der Waals surface area contributed by atoms with Crippen molar-refractivity contribution in [3.8, 4) is 0 Å². The summed E-state index contributed by atoms with van der Waals surface area (Å²) in [6.07, 6.45) is 0. The Morgan fingerprint density at radius 3 is 2.53 bits per heavy atom. The van der Waals surface area contributed by atoms with Crippen LogP contribution >= 0.6 is 11.3 Å². The third-order valence-corrected chi connectivity index (χ3v) is 5.25. The van der Waals surface area contributed by atoms with Crippen LogP contribution in [-0.2, 0) is 10.0 Å². The molecule has 0 bridgehead atoms. The van der Waals surface area contributed by atoms with E-state index in [1.165, 1.54) is 11.3 Å². The number of sulfonamides is 1. The van der Waals surface area contributed by atoms with Crippen molar-refractivity contribution >= 4 is 21.4 Å². The van der Waals surface area contributed by atoms with Crippen molar-refractivity contribution in [1.29, 1.82) is 0 Å². The molecule has 0 aliphatic carbocycles. The van der Waals surface area contributed by atoms with Gasteiger partial charge in [0.05, 0.1) is 6.61 Å². The summed E-state index contributed by atoms with van der Waals surface area (Å²) in [5.41, 5.74) is 0.969. The molecule has 15 heavy (non-hydrogen) atoms. The van der Waals surface area contributed by atoms with Gasteiger partial charge in [0, 0.05) is 10.9 Å². The van der Waals surface area contributed by atoms with E-state index in [-0.39, 0.29) is 6.61 Å². The van der Waals surface area contributed by atoms with Gasteiger partial charge in [0.15, 0.2) is 0 Å². The van der Waals surface area contributed by atoms with Crippen LogP contribution in [0.4, 0.5) is 0 Å². The maximum Gasteiger partial charge on any atom is 0.250 e. The average molecular weight is 249 g/mol. The Balaban J connectivity index is 2.96. The molecule has 0 aromatic carbocycles. The monoisotopic (exact) mass is 249 g/mol. The average Bonchev–Trinajstić information content (AvgIpc) is 2.47. The minimum absolute atomic E-state index is 0.206. The molecule has 0 aliphatic rings. The van der Waals surface area contributed by atoms with Crippen molar-refractivity contribution in [2.24, 2.45) is 0 Å². The van der Waals surface area contributed by atoms with Crippen LogP contribution in [0, 0.1) is 13.8 Å². The molecule has 0 amide bonds. The number of thiophene rings is 1. The molecule has 0 spiro atoms. The van der Waals surface area contributed by atoms with Crippen molar-refractivity contribution in [1.82, 2.24) is 4.72 Å². The number of rotatable bonds is 4. The van der Waals surface area contributed by atoms with Crippen molar-refractivity contribution < 1.29 is 13.5 Å². The van der Waals surface area contributed by atoms with E-state index in [0.29, 0.717) is 4.21 Å². The second-order valence-electron chi connectivity index (χ2n) is 3.51. The zero-order valence-corrected chi connectivity index (χ0v) is 10.6. The Labute approximate surface area is 94.0 Å². The first-order valence-electron chi connectivity index (χ1n) is 4.57. The number of aliphatic hydroxyl groups is 1. The van der Waals surface area contributed by atoms with Crippen LogP contribution in [0.3, 0.4) is 0 Å². The molecular weight excluding hydrogens is 234 g/mol. The Kier molecular flexibility index (Phi) is 3.88. The lowest BCUT2D eigenvalue weighted by Gasteiger charge is -2.09. The van der Waals surface area contributed by atoms with Gasteiger partial charge in [-0.3, -0.25) is 0 Å². The van der Waals surface area contributed by atoms with Crippen molar-refractivity contribution in [2.75, 3.05) is 6.61 Å². The second kappa shape index (κ2) is 4.61. The lowest BCUT2D eigenvalue weighted by Crippen LogP contribution is -2.34. The van der Waals surface area contributed by atoms with E-state index in [2.05, 4.69) is 4.72 Å². The van der Waals surface area contributed by atoms with Crippen LogP contribution in [0.5, 0.6) is 0 Å². The molecule has 1 heterocycles. The van der Waals surface area contributed by atoms with E-state index in [1.54, 1.807) is 13.0 Å². The molecule has 0 radical (unpaired) electrons. The number of hydrogen-bond acceptors (Lipinski definition) is 4. The van der Waals surface area contributed by atoms with Gasteiger partial charge in [-0.05, 0) is 32.4 Å². The summed E-state index contributed by atoms with van der Waals surface area (Å²) in [7, 11) is -3.46. The maximum atomic E-state index is 11.8. The summed E-state index contributed by atoms with van der Waals surface area (Å²) in [5, 5.41) is 8.78. The van der Waals surface area contributed by atoms with Gasteiger partial charge < -0.3 is 5.11 Å². The van der Waals surface area contributed by atoms with E-state index in [0.717, 1.165) is 10.4 Å². The molecule has 2 N–H and O–H groups in total. The Hall–Kier alpha value is -0.430. The first kappa shape index (κ1) is 12.6. The molecule has 6 heteroatoms. The minimum Gasteiger partial charge on any atom is -0.395 e. The highest BCUT2D eigenvalue weighted by Gasteiger charge is 2.19. The zero-order valence-electron chi connectivity index (χ0n) is 8.94. The Morgan fingerprint density at radius 1 is 1.53 bits per heavy atom. The smallest absolute Gasteiger partial charge is 0.250 e. The minimum atomic E-state index is -3.46. The van der Waals surface area contributed by atoms with E-state index >= 15 is 0 Å². The van der Waals surface area contributed by atoms with Gasteiger partial charge >= 0.3 is 0 Å². The quantitative estimate of drug-likeness (QED) is 0.837. The van der Waals surface area contributed by atoms with Crippen molar-refractivity contribution in [3.63, 3.8) is 0 Å². The summed E-state index contributed by atoms with van der Waals surface area (Å²) in [6.45, 7) is 5.17. The van der Waals surface area contributed by atoms with Crippen LogP contribution in [0.15, 0.2) is 10.3 Å². The number of nitrogens with one attached hydrogen (secondary N) is 1. The predicted molar refractivity (Wildman–Crippen MR) is 60.7 cm³/mol. The number of aryl methyl sites for hydroxylation is 2. The molecule has 1 atom stereocenters. The van der Waals surface area contributed by atoms with Gasteiger partial charge in [-0.1, -0.05) is 0 Å². The van der Waals surface area contributed by atoms with Gasteiger partial charge in [0.25, 0.3) is 0 Å². The maximum absolute atomic E-state index is 11.8. The third kappa shape index (κ3) is 3.01. The fraction of sp³-hybridized carbons (Fsp3) is 0.556. The Morgan fingerprint density at radius 2 is 2.13 bits per heavy atom. The van der Waals surface area contributed by atoms with Crippen molar-refractivity contribution in [3.05, 3.63) is 16.5 Å². The molecular formula is C9H15NO3S2. The van der Waals surface area contributed by atoms with E-state index in [9.17, 15) is 8.42 Å². The molecule has 1 aromatic heterocycles. The van der Waals surface area contributed by atoms with Gasteiger partial charge in [0.1, 0.15) is 4.21 Å². The van der Waals surface area contributed by atoms with Crippen molar-refractivity contribution in [2.45, 2.75) is 31.0 Å². The van der Waals surface area contributed by atoms with Crippen LogP contribution < -0.4 is 4.72 Å². The first-order valence-corrected chi connectivity index (χ1v) is 6.87. The molecule has 4 nitrogen and oxygen atoms in total. The molecule has 1 rings (SSSR count). The fourth-order valence-electron chi connectivity index (χ4n) is 1.03. The lowest BCUT2D eigenvalue weighted by molar-refractivity contribution is 0.265. The van der Waals surface area contributed by atoms with Crippen LogP contribution in [0.1, 0.15) is 17.4 Å². The summed E-state index contributed by atoms with van der Waals surface area (Å²) in [5.74, 6) is 0. The summed E-state index contributed by atoms with van der Waals surface area (Å²) in [4.78, 5) is 0.993. The molecule has 0 fully saturated rings. The standard InChI is InChI=1S/C9H15NO3S2/c1-6-4-9(14-8(6)3)15(12,13)10-7(2)5-11/h4,7,10-11H,5H2,1-3H3. The van der Waals surface area contributed by atoms with E-state index in [4.69, 9.17) is 5.11 Å². The normalized spacial score (nSPS) is 14.1. The molecule has 86 valence electrons. The highest BCUT2D eigenvalue weighted by Crippen LogP contribution is 2.24. The van der Waals surface area contributed by atoms with Gasteiger partial charge in [-0.2, -0.15) is 0 Å². The Bertz CT molecular complexity index is 417. The highest BCUT2D eigenvalue weighted by molar-refractivity contribution is 7.91. The predicted octanol–water partition coefficient (Wildman–Crippen LogP) is 1.02. The molecule has 1 unspecified atom stereocenters. The molecule has 0 aliphatic heterocycles. The van der Waals surface area contributed by atoms with Crippen LogP contribution in [-0.4, -0.2) is 26.2 Å². The molecule has 1 aromatic rings.